The predicted molar refractivity (Wildman–Crippen MR) is 109 cm³/mol. The van der Waals surface area contributed by atoms with Crippen molar-refractivity contribution in [3.63, 3.8) is 0 Å². The Morgan fingerprint density at radius 1 is 1.10 bits per heavy atom. The molecule has 1 aromatic heterocycles. The third-order valence-electron chi connectivity index (χ3n) is 4.89. The van der Waals surface area contributed by atoms with Gasteiger partial charge in [0.1, 0.15) is 0 Å². The second-order valence-electron chi connectivity index (χ2n) is 6.74. The smallest absolute Gasteiger partial charge is 0.311 e. The molecule has 2 aromatic carbocycles. The Hall–Kier alpha value is -3.75. The Labute approximate surface area is 166 Å². The summed E-state index contributed by atoms with van der Waals surface area (Å²) in [4.78, 5) is 37.0. The number of anilines is 2. The molecular formula is C20H19N5O4. The second-order valence-corrected chi connectivity index (χ2v) is 6.74. The number of ether oxygens (including phenoxy) is 1. The molecule has 148 valence electrons. The number of para-hydroxylation sites is 2. The molecule has 0 saturated carbocycles. The lowest BCUT2D eigenvalue weighted by molar-refractivity contribution is -0.385. The quantitative estimate of drug-likeness (QED) is 0.498. The molecule has 9 heteroatoms. The van der Waals surface area contributed by atoms with E-state index in [1.165, 1.54) is 25.3 Å². The minimum atomic E-state index is -0.562. The number of nitro groups is 1. The van der Waals surface area contributed by atoms with Gasteiger partial charge in [-0.25, -0.2) is 9.97 Å². The SMILES string of the molecule is COc1ccc(C(=O)N2CCCN(C)c3nc4ccccc4nc32)cc1[N+](=O)[O-]. The molecular weight excluding hydrogens is 374 g/mol. The van der Waals surface area contributed by atoms with Crippen molar-refractivity contribution in [1.29, 1.82) is 0 Å². The maximum absolute atomic E-state index is 13.3. The number of aromatic nitrogens is 2. The molecule has 0 saturated heterocycles. The molecule has 0 spiro atoms. The largest absolute Gasteiger partial charge is 0.490 e. The highest BCUT2D eigenvalue weighted by atomic mass is 16.6. The molecule has 0 fully saturated rings. The van der Waals surface area contributed by atoms with E-state index in [-0.39, 0.29) is 22.9 Å². The van der Waals surface area contributed by atoms with Crippen LogP contribution in [0.1, 0.15) is 16.8 Å². The van der Waals surface area contributed by atoms with Crippen LogP contribution in [0.25, 0.3) is 11.0 Å². The highest BCUT2D eigenvalue weighted by Gasteiger charge is 2.29. The molecule has 29 heavy (non-hydrogen) atoms. The van der Waals surface area contributed by atoms with Crippen molar-refractivity contribution in [1.82, 2.24) is 9.97 Å². The van der Waals surface area contributed by atoms with Gasteiger partial charge in [0.15, 0.2) is 17.4 Å². The first-order valence-corrected chi connectivity index (χ1v) is 9.12. The van der Waals surface area contributed by atoms with Crippen LogP contribution in [-0.2, 0) is 0 Å². The molecule has 1 amide bonds. The Bertz CT molecular complexity index is 1120. The Kier molecular flexibility index (Phi) is 4.71. The topological polar surface area (TPSA) is 102 Å². The van der Waals surface area contributed by atoms with Gasteiger partial charge in [-0.1, -0.05) is 12.1 Å². The Morgan fingerprint density at radius 3 is 2.45 bits per heavy atom. The summed E-state index contributed by atoms with van der Waals surface area (Å²) < 4.78 is 5.03. The van der Waals surface area contributed by atoms with Crippen molar-refractivity contribution in [3.8, 4) is 5.75 Å². The van der Waals surface area contributed by atoms with Crippen molar-refractivity contribution in [2.24, 2.45) is 0 Å². The first-order valence-electron chi connectivity index (χ1n) is 9.12. The van der Waals surface area contributed by atoms with E-state index in [1.807, 2.05) is 36.2 Å². The maximum Gasteiger partial charge on any atom is 0.311 e. The van der Waals surface area contributed by atoms with Crippen LogP contribution >= 0.6 is 0 Å². The van der Waals surface area contributed by atoms with E-state index >= 15 is 0 Å². The first kappa shape index (κ1) is 18.6. The summed E-state index contributed by atoms with van der Waals surface area (Å²) in [6.07, 6.45) is 0.717. The predicted octanol–water partition coefficient (Wildman–Crippen LogP) is 3.03. The van der Waals surface area contributed by atoms with Crippen molar-refractivity contribution in [2.45, 2.75) is 6.42 Å². The molecule has 1 aliphatic heterocycles. The normalized spacial score (nSPS) is 13.7. The Balaban J connectivity index is 1.82. The van der Waals surface area contributed by atoms with Crippen LogP contribution in [0.2, 0.25) is 0 Å². The fourth-order valence-corrected chi connectivity index (χ4v) is 3.42. The number of hydrogen-bond donors (Lipinski definition) is 0. The minimum Gasteiger partial charge on any atom is -0.490 e. The summed E-state index contributed by atoms with van der Waals surface area (Å²) in [5.74, 6) is 0.801. The van der Waals surface area contributed by atoms with Crippen LogP contribution in [0.4, 0.5) is 17.3 Å². The van der Waals surface area contributed by atoms with Crippen LogP contribution < -0.4 is 14.5 Å². The van der Waals surface area contributed by atoms with Gasteiger partial charge in [0, 0.05) is 31.8 Å². The number of nitro benzene ring substituents is 1. The van der Waals surface area contributed by atoms with Gasteiger partial charge in [-0.05, 0) is 30.7 Å². The number of carbonyl (C=O) groups is 1. The molecule has 0 N–H and O–H groups in total. The molecule has 3 aromatic rings. The molecule has 0 aliphatic carbocycles. The molecule has 1 aliphatic rings. The molecule has 0 unspecified atom stereocenters. The van der Waals surface area contributed by atoms with Gasteiger partial charge in [-0.15, -0.1) is 0 Å². The third kappa shape index (κ3) is 3.31. The standard InChI is InChI=1S/C20H19N5O4/c1-23-10-5-11-24(19-18(23)21-14-6-3-4-7-15(14)22-19)20(26)13-8-9-17(29-2)16(12-13)25(27)28/h3-4,6-9,12H,5,10-11H2,1-2H3. The number of carbonyl (C=O) groups excluding carboxylic acids is 1. The number of hydrogen-bond acceptors (Lipinski definition) is 7. The maximum atomic E-state index is 13.3. The summed E-state index contributed by atoms with van der Waals surface area (Å²) >= 11 is 0. The monoisotopic (exact) mass is 393 g/mol. The zero-order valence-corrected chi connectivity index (χ0v) is 16.0. The van der Waals surface area contributed by atoms with Gasteiger partial charge in [0.2, 0.25) is 0 Å². The van der Waals surface area contributed by atoms with E-state index in [4.69, 9.17) is 9.72 Å². The number of fused-ring (bicyclic) bond motifs is 2. The number of benzene rings is 2. The van der Waals surface area contributed by atoms with Crippen LogP contribution in [-0.4, -0.2) is 48.0 Å². The van der Waals surface area contributed by atoms with Gasteiger partial charge in [0.05, 0.1) is 23.1 Å². The number of rotatable bonds is 3. The molecule has 4 rings (SSSR count). The minimum absolute atomic E-state index is 0.105. The highest BCUT2D eigenvalue weighted by Crippen LogP contribution is 2.33. The van der Waals surface area contributed by atoms with E-state index < -0.39 is 4.92 Å². The van der Waals surface area contributed by atoms with Crippen LogP contribution in [0, 0.1) is 10.1 Å². The van der Waals surface area contributed by atoms with E-state index in [0.717, 1.165) is 11.9 Å². The average Bonchev–Trinajstić information content (AvgIpc) is 2.89. The van der Waals surface area contributed by atoms with E-state index in [0.29, 0.717) is 30.2 Å². The lowest BCUT2D eigenvalue weighted by Gasteiger charge is -2.23. The van der Waals surface area contributed by atoms with E-state index in [2.05, 4.69) is 4.98 Å². The van der Waals surface area contributed by atoms with Crippen molar-refractivity contribution < 1.29 is 14.5 Å². The van der Waals surface area contributed by atoms with E-state index in [9.17, 15) is 14.9 Å². The molecule has 9 nitrogen and oxygen atoms in total. The van der Waals surface area contributed by atoms with Crippen LogP contribution in [0.3, 0.4) is 0 Å². The summed E-state index contributed by atoms with van der Waals surface area (Å²) in [7, 11) is 3.26. The van der Waals surface area contributed by atoms with Gasteiger partial charge < -0.3 is 9.64 Å². The summed E-state index contributed by atoms with van der Waals surface area (Å²) in [6, 6.07) is 11.7. The van der Waals surface area contributed by atoms with Crippen molar-refractivity contribution in [2.75, 3.05) is 37.0 Å². The lowest BCUT2D eigenvalue weighted by Crippen LogP contribution is -2.32. The van der Waals surface area contributed by atoms with E-state index in [1.54, 1.807) is 4.90 Å². The molecule has 0 bridgehead atoms. The fraction of sp³-hybridized carbons (Fsp3) is 0.250. The zero-order chi connectivity index (χ0) is 20.5. The zero-order valence-electron chi connectivity index (χ0n) is 16.0. The number of amides is 1. The summed E-state index contributed by atoms with van der Waals surface area (Å²) in [5.41, 5.74) is 1.37. The lowest BCUT2D eigenvalue weighted by atomic mass is 10.1. The van der Waals surface area contributed by atoms with Gasteiger partial charge in [0.25, 0.3) is 5.91 Å². The molecule has 0 atom stereocenters. The summed E-state index contributed by atoms with van der Waals surface area (Å²) in [6.45, 7) is 1.15. The van der Waals surface area contributed by atoms with Crippen molar-refractivity contribution >= 4 is 34.3 Å². The molecule has 0 radical (unpaired) electrons. The Morgan fingerprint density at radius 2 is 1.79 bits per heavy atom. The number of methoxy groups -OCH3 is 1. The second kappa shape index (κ2) is 7.34. The van der Waals surface area contributed by atoms with Gasteiger partial charge in [-0.2, -0.15) is 0 Å². The fourth-order valence-electron chi connectivity index (χ4n) is 3.42. The van der Waals surface area contributed by atoms with Crippen LogP contribution in [0.15, 0.2) is 42.5 Å². The average molecular weight is 393 g/mol. The van der Waals surface area contributed by atoms with Gasteiger partial charge >= 0.3 is 5.69 Å². The third-order valence-corrected chi connectivity index (χ3v) is 4.89. The highest BCUT2D eigenvalue weighted by molar-refractivity contribution is 6.08. The van der Waals surface area contributed by atoms with Crippen LogP contribution in [0.5, 0.6) is 5.75 Å². The van der Waals surface area contributed by atoms with Crippen molar-refractivity contribution in [3.05, 3.63) is 58.1 Å². The summed E-state index contributed by atoms with van der Waals surface area (Å²) in [5, 5.41) is 11.3. The first-order chi connectivity index (χ1) is 14.0. The molecule has 2 heterocycles. The van der Waals surface area contributed by atoms with Gasteiger partial charge in [-0.3, -0.25) is 19.8 Å². The number of nitrogens with zero attached hydrogens (tertiary/aromatic N) is 5.